The monoisotopic (exact) mass is 273 g/mol. The number of hydrogen-bond acceptors (Lipinski definition) is 4. The van der Waals surface area contributed by atoms with Crippen LogP contribution in [0.4, 0.5) is 0 Å². The van der Waals surface area contributed by atoms with Crippen LogP contribution in [-0.4, -0.2) is 47.4 Å². The van der Waals surface area contributed by atoms with E-state index in [4.69, 9.17) is 4.74 Å². The summed E-state index contributed by atoms with van der Waals surface area (Å²) in [5.41, 5.74) is -0.702. The van der Waals surface area contributed by atoms with Crippen LogP contribution in [0, 0.1) is 0 Å². The Bertz CT molecular complexity index is 294. The van der Waals surface area contributed by atoms with E-state index in [1.54, 1.807) is 7.05 Å². The van der Waals surface area contributed by atoms with Crippen LogP contribution in [0.5, 0.6) is 0 Å². The van der Waals surface area contributed by atoms with Crippen molar-refractivity contribution < 1.29 is 14.6 Å². The highest BCUT2D eigenvalue weighted by molar-refractivity contribution is 7.99. The van der Waals surface area contributed by atoms with Crippen molar-refractivity contribution in [2.24, 2.45) is 0 Å². The molecule has 0 aromatic rings. The molecule has 2 aliphatic rings. The molecule has 1 saturated heterocycles. The second-order valence-corrected chi connectivity index (χ2v) is 6.66. The number of rotatable bonds is 5. The van der Waals surface area contributed by atoms with Gasteiger partial charge in [0.2, 0.25) is 0 Å². The van der Waals surface area contributed by atoms with Crippen molar-refractivity contribution in [3.05, 3.63) is 0 Å². The summed E-state index contributed by atoms with van der Waals surface area (Å²) in [4.78, 5) is 11.4. The van der Waals surface area contributed by atoms with E-state index >= 15 is 0 Å². The van der Waals surface area contributed by atoms with E-state index in [9.17, 15) is 9.90 Å². The van der Waals surface area contributed by atoms with Gasteiger partial charge in [0, 0.05) is 17.6 Å². The van der Waals surface area contributed by atoms with Gasteiger partial charge in [-0.3, -0.25) is 4.79 Å². The van der Waals surface area contributed by atoms with E-state index < -0.39 is 11.5 Å². The summed E-state index contributed by atoms with van der Waals surface area (Å²) in [5.74, 6) is 0.316. The summed E-state index contributed by atoms with van der Waals surface area (Å²) in [6.45, 7) is 0.894. The molecule has 3 atom stereocenters. The minimum atomic E-state index is -0.702. The highest BCUT2D eigenvalue weighted by Gasteiger charge is 2.41. The minimum Gasteiger partial charge on any atom is -0.480 e. The standard InChI is InChI=1S/C13H23NO3S/c1-14-13(12(15)16)6-2-5-11(8-13)18-9-10-4-3-7-17-10/h10-11,14H,2-9H2,1H3,(H,15,16). The largest absolute Gasteiger partial charge is 0.480 e. The Labute approximate surface area is 113 Å². The number of aliphatic carboxylic acids is 1. The summed E-state index contributed by atoms with van der Waals surface area (Å²) in [5, 5.41) is 12.9. The summed E-state index contributed by atoms with van der Waals surface area (Å²) in [6.07, 6.45) is 6.34. The summed E-state index contributed by atoms with van der Waals surface area (Å²) < 4.78 is 5.62. The number of hydrogen-bond donors (Lipinski definition) is 2. The van der Waals surface area contributed by atoms with E-state index in [2.05, 4.69) is 5.32 Å². The van der Waals surface area contributed by atoms with Gasteiger partial charge in [0.15, 0.2) is 0 Å². The minimum absolute atomic E-state index is 0.394. The summed E-state index contributed by atoms with van der Waals surface area (Å²) in [7, 11) is 1.77. The highest BCUT2D eigenvalue weighted by Crippen LogP contribution is 2.36. The third-order valence-corrected chi connectivity index (χ3v) is 5.57. The first-order valence-corrected chi connectivity index (χ1v) is 7.87. The molecule has 0 amide bonds. The molecular weight excluding hydrogens is 250 g/mol. The van der Waals surface area contributed by atoms with Gasteiger partial charge < -0.3 is 15.2 Å². The van der Waals surface area contributed by atoms with Gasteiger partial charge in [0.1, 0.15) is 5.54 Å². The van der Waals surface area contributed by atoms with E-state index in [-0.39, 0.29) is 0 Å². The average molecular weight is 273 g/mol. The molecule has 18 heavy (non-hydrogen) atoms. The molecule has 1 saturated carbocycles. The number of nitrogens with one attached hydrogen (secondary N) is 1. The molecule has 2 fully saturated rings. The molecule has 0 bridgehead atoms. The fourth-order valence-electron chi connectivity index (χ4n) is 2.91. The maximum atomic E-state index is 11.4. The molecule has 0 radical (unpaired) electrons. The van der Waals surface area contributed by atoms with Gasteiger partial charge in [0.05, 0.1) is 6.10 Å². The molecule has 1 aliphatic carbocycles. The first-order chi connectivity index (χ1) is 8.66. The Kier molecular flexibility index (Phi) is 4.92. The molecular formula is C13H23NO3S. The van der Waals surface area contributed by atoms with Crippen LogP contribution in [0.25, 0.3) is 0 Å². The third kappa shape index (κ3) is 3.19. The fourth-order valence-corrected chi connectivity index (χ4v) is 4.40. The van der Waals surface area contributed by atoms with Crippen LogP contribution in [0.1, 0.15) is 38.5 Å². The molecule has 0 aromatic heterocycles. The van der Waals surface area contributed by atoms with Gasteiger partial charge in [-0.05, 0) is 45.6 Å². The summed E-state index contributed by atoms with van der Waals surface area (Å²) in [6, 6.07) is 0. The van der Waals surface area contributed by atoms with E-state index in [0.717, 1.165) is 44.5 Å². The van der Waals surface area contributed by atoms with E-state index in [1.807, 2.05) is 11.8 Å². The van der Waals surface area contributed by atoms with E-state index in [0.29, 0.717) is 11.4 Å². The number of likely N-dealkylation sites (N-methyl/N-ethyl adjacent to an activating group) is 1. The zero-order chi connectivity index (χ0) is 13.0. The molecule has 104 valence electrons. The molecule has 3 unspecified atom stereocenters. The Morgan fingerprint density at radius 3 is 2.94 bits per heavy atom. The fraction of sp³-hybridized carbons (Fsp3) is 0.923. The Morgan fingerprint density at radius 2 is 2.33 bits per heavy atom. The SMILES string of the molecule is CNC1(C(=O)O)CCCC(SCC2CCCO2)C1. The van der Waals surface area contributed by atoms with Gasteiger partial charge in [-0.1, -0.05) is 0 Å². The molecule has 5 heteroatoms. The topological polar surface area (TPSA) is 58.6 Å². The number of carboxylic acids is 1. The lowest BCUT2D eigenvalue weighted by atomic mass is 9.81. The predicted octanol–water partition coefficient (Wildman–Crippen LogP) is 1.88. The zero-order valence-electron chi connectivity index (χ0n) is 11.0. The molecule has 0 spiro atoms. The van der Waals surface area contributed by atoms with Crippen LogP contribution in [0.2, 0.25) is 0 Å². The highest BCUT2D eigenvalue weighted by atomic mass is 32.2. The smallest absolute Gasteiger partial charge is 0.323 e. The number of ether oxygens (including phenoxy) is 1. The van der Waals surface area contributed by atoms with Crippen LogP contribution in [0.3, 0.4) is 0 Å². The first-order valence-electron chi connectivity index (χ1n) is 6.82. The molecule has 4 nitrogen and oxygen atoms in total. The van der Waals surface area contributed by atoms with Gasteiger partial charge >= 0.3 is 5.97 Å². The average Bonchev–Trinajstić information content (AvgIpc) is 2.89. The van der Waals surface area contributed by atoms with E-state index in [1.165, 1.54) is 6.42 Å². The van der Waals surface area contributed by atoms with Crippen molar-refractivity contribution in [1.82, 2.24) is 5.32 Å². The molecule has 2 N–H and O–H groups in total. The quantitative estimate of drug-likeness (QED) is 0.801. The lowest BCUT2D eigenvalue weighted by molar-refractivity contribution is -0.146. The molecule has 0 aromatic carbocycles. The van der Waals surface area contributed by atoms with Gasteiger partial charge in [-0.25, -0.2) is 0 Å². The number of thioether (sulfide) groups is 1. The number of carboxylic acid groups (broad SMARTS) is 1. The van der Waals surface area contributed by atoms with Crippen molar-refractivity contribution >= 4 is 17.7 Å². The van der Waals surface area contributed by atoms with Crippen molar-refractivity contribution in [3.63, 3.8) is 0 Å². The Morgan fingerprint density at radius 1 is 1.50 bits per heavy atom. The first kappa shape index (κ1) is 14.2. The number of carbonyl (C=O) groups is 1. The Hall–Kier alpha value is -0.260. The lowest BCUT2D eigenvalue weighted by Gasteiger charge is -2.37. The maximum absolute atomic E-state index is 11.4. The maximum Gasteiger partial charge on any atom is 0.323 e. The summed E-state index contributed by atoms with van der Waals surface area (Å²) >= 11 is 1.90. The van der Waals surface area contributed by atoms with Crippen LogP contribution in [0.15, 0.2) is 0 Å². The van der Waals surface area contributed by atoms with Gasteiger partial charge in [-0.15, -0.1) is 0 Å². The zero-order valence-corrected chi connectivity index (χ0v) is 11.8. The second-order valence-electron chi connectivity index (χ2n) is 5.32. The molecule has 2 rings (SSSR count). The lowest BCUT2D eigenvalue weighted by Crippen LogP contribution is -2.54. The van der Waals surface area contributed by atoms with Gasteiger partial charge in [0.25, 0.3) is 0 Å². The van der Waals surface area contributed by atoms with Crippen LogP contribution < -0.4 is 5.32 Å². The van der Waals surface area contributed by atoms with Gasteiger partial charge in [-0.2, -0.15) is 11.8 Å². The van der Waals surface area contributed by atoms with Crippen molar-refractivity contribution in [1.29, 1.82) is 0 Å². The van der Waals surface area contributed by atoms with Crippen molar-refractivity contribution in [2.45, 2.75) is 55.4 Å². The molecule has 1 heterocycles. The molecule has 1 aliphatic heterocycles. The van der Waals surface area contributed by atoms with Crippen LogP contribution in [-0.2, 0) is 9.53 Å². The second kappa shape index (κ2) is 6.26. The third-order valence-electron chi connectivity index (χ3n) is 4.14. The van der Waals surface area contributed by atoms with Crippen molar-refractivity contribution in [3.8, 4) is 0 Å². The van der Waals surface area contributed by atoms with Crippen molar-refractivity contribution in [2.75, 3.05) is 19.4 Å². The van der Waals surface area contributed by atoms with Crippen LogP contribution >= 0.6 is 11.8 Å². The predicted molar refractivity (Wildman–Crippen MR) is 73.1 cm³/mol. The Balaban J connectivity index is 1.83. The normalized spacial score (nSPS) is 36.7.